The highest BCUT2D eigenvalue weighted by molar-refractivity contribution is 5.92. The third-order valence-electron chi connectivity index (χ3n) is 3.35. The molecule has 6 nitrogen and oxygen atoms in total. The summed E-state index contributed by atoms with van der Waals surface area (Å²) in [7, 11) is 0. The summed E-state index contributed by atoms with van der Waals surface area (Å²) in [5, 5.41) is 0. The van der Waals surface area contributed by atoms with Crippen LogP contribution in [0.2, 0.25) is 0 Å². The fraction of sp³-hybridized carbons (Fsp3) is 0.750. The maximum atomic E-state index is 11.7. The van der Waals surface area contributed by atoms with Crippen molar-refractivity contribution < 1.29 is 28.5 Å². The van der Waals surface area contributed by atoms with Crippen LogP contribution in [0.1, 0.15) is 40.5 Å². The highest BCUT2D eigenvalue weighted by Gasteiger charge is 2.34. The molecule has 2 saturated heterocycles. The number of carbonyl (C=O) groups excluding carboxylic acids is 2. The summed E-state index contributed by atoms with van der Waals surface area (Å²) in [5.41, 5.74) is -1.23. The molecule has 2 heterocycles. The molecule has 0 aliphatic carbocycles. The summed E-state index contributed by atoms with van der Waals surface area (Å²) in [6.07, 6.45) is 3.82. The molecular weight excluding hydrogens is 288 g/mol. The van der Waals surface area contributed by atoms with Gasteiger partial charge in [0.05, 0.1) is 25.4 Å². The standard InChI is InChI=1S/C16H24O6/c1-15(2,7-11-9-19-11)21-13(17)5-6-14(18)22-16(3,4)8-12-10-20-12/h5-6,11-12H,7-10H2,1-4H3/b6-5+. The van der Waals surface area contributed by atoms with Crippen LogP contribution in [0.25, 0.3) is 0 Å². The lowest BCUT2D eigenvalue weighted by Gasteiger charge is -2.24. The van der Waals surface area contributed by atoms with E-state index in [1.54, 1.807) is 0 Å². The van der Waals surface area contributed by atoms with Gasteiger partial charge in [-0.2, -0.15) is 0 Å². The predicted octanol–water partition coefficient (Wildman–Crippen LogP) is 1.76. The van der Waals surface area contributed by atoms with Gasteiger partial charge in [0, 0.05) is 25.0 Å². The zero-order chi connectivity index (χ0) is 16.4. The zero-order valence-corrected chi connectivity index (χ0v) is 13.6. The van der Waals surface area contributed by atoms with Gasteiger partial charge in [-0.15, -0.1) is 0 Å². The molecule has 0 amide bonds. The average Bonchev–Trinajstić information content (AvgIpc) is 3.22. The van der Waals surface area contributed by atoms with Crippen molar-refractivity contribution in [2.75, 3.05) is 13.2 Å². The molecule has 0 spiro atoms. The number of carbonyl (C=O) groups is 2. The van der Waals surface area contributed by atoms with Gasteiger partial charge < -0.3 is 18.9 Å². The molecule has 22 heavy (non-hydrogen) atoms. The number of esters is 2. The largest absolute Gasteiger partial charge is 0.456 e. The number of ether oxygens (including phenoxy) is 4. The quantitative estimate of drug-likeness (QED) is 0.386. The molecule has 0 bridgehead atoms. The summed E-state index contributed by atoms with van der Waals surface area (Å²) in [6, 6.07) is 0. The SMILES string of the molecule is CC(C)(CC1CO1)OC(=O)/C=C/C(=O)OC(C)(C)CC1CO1. The zero-order valence-electron chi connectivity index (χ0n) is 13.6. The van der Waals surface area contributed by atoms with Gasteiger partial charge in [-0.1, -0.05) is 0 Å². The van der Waals surface area contributed by atoms with E-state index in [9.17, 15) is 9.59 Å². The van der Waals surface area contributed by atoms with Crippen LogP contribution in [0.15, 0.2) is 12.2 Å². The molecule has 2 unspecified atom stereocenters. The Kier molecular flexibility index (Phi) is 4.92. The van der Waals surface area contributed by atoms with E-state index in [0.29, 0.717) is 26.1 Å². The third kappa shape index (κ3) is 6.58. The van der Waals surface area contributed by atoms with Gasteiger partial charge in [0.15, 0.2) is 0 Å². The molecule has 0 saturated carbocycles. The predicted molar refractivity (Wildman–Crippen MR) is 78.2 cm³/mol. The molecule has 0 aromatic heterocycles. The summed E-state index contributed by atoms with van der Waals surface area (Å²) in [6.45, 7) is 8.69. The second-order valence-corrected chi connectivity index (χ2v) is 7.01. The Balaban J connectivity index is 1.74. The molecule has 0 aromatic carbocycles. The Hall–Kier alpha value is -1.40. The maximum absolute atomic E-state index is 11.7. The summed E-state index contributed by atoms with van der Waals surface area (Å²) >= 11 is 0. The smallest absolute Gasteiger partial charge is 0.331 e. The normalized spacial score (nSPS) is 24.2. The number of epoxide rings is 2. The highest BCUT2D eigenvalue weighted by atomic mass is 16.6. The lowest BCUT2D eigenvalue weighted by Crippen LogP contribution is -2.30. The molecule has 0 N–H and O–H groups in total. The van der Waals surface area contributed by atoms with Crippen molar-refractivity contribution >= 4 is 11.9 Å². The molecule has 0 radical (unpaired) electrons. The molecule has 2 atom stereocenters. The Morgan fingerprint density at radius 3 is 1.50 bits per heavy atom. The van der Waals surface area contributed by atoms with E-state index in [2.05, 4.69) is 0 Å². The Morgan fingerprint density at radius 2 is 1.23 bits per heavy atom. The van der Waals surface area contributed by atoms with Crippen molar-refractivity contribution in [3.05, 3.63) is 12.2 Å². The van der Waals surface area contributed by atoms with Crippen LogP contribution in [0, 0.1) is 0 Å². The number of hydrogen-bond acceptors (Lipinski definition) is 6. The first-order valence-electron chi connectivity index (χ1n) is 7.52. The van der Waals surface area contributed by atoms with Crippen LogP contribution in [-0.4, -0.2) is 48.6 Å². The highest BCUT2D eigenvalue weighted by Crippen LogP contribution is 2.26. The molecule has 124 valence electrons. The van der Waals surface area contributed by atoms with Crippen molar-refractivity contribution in [2.24, 2.45) is 0 Å². The van der Waals surface area contributed by atoms with Gasteiger partial charge in [-0.3, -0.25) is 0 Å². The van der Waals surface area contributed by atoms with Crippen LogP contribution in [0.4, 0.5) is 0 Å². The monoisotopic (exact) mass is 312 g/mol. The summed E-state index contributed by atoms with van der Waals surface area (Å²) in [5.74, 6) is -1.13. The van der Waals surface area contributed by atoms with Gasteiger partial charge in [0.1, 0.15) is 11.2 Å². The van der Waals surface area contributed by atoms with Gasteiger partial charge in [-0.05, 0) is 27.7 Å². The average molecular weight is 312 g/mol. The number of rotatable bonds is 8. The van der Waals surface area contributed by atoms with E-state index in [-0.39, 0.29) is 12.2 Å². The van der Waals surface area contributed by atoms with E-state index in [1.165, 1.54) is 0 Å². The van der Waals surface area contributed by atoms with E-state index in [0.717, 1.165) is 12.2 Å². The first kappa shape index (κ1) is 17.0. The van der Waals surface area contributed by atoms with Gasteiger partial charge in [0.2, 0.25) is 0 Å². The Bertz CT molecular complexity index is 415. The van der Waals surface area contributed by atoms with Gasteiger partial charge in [0.25, 0.3) is 0 Å². The van der Waals surface area contributed by atoms with E-state index >= 15 is 0 Å². The molecule has 2 aliphatic heterocycles. The van der Waals surface area contributed by atoms with E-state index in [4.69, 9.17) is 18.9 Å². The molecule has 2 aliphatic rings. The van der Waals surface area contributed by atoms with Crippen molar-refractivity contribution in [3.63, 3.8) is 0 Å². The molecule has 0 aromatic rings. The van der Waals surface area contributed by atoms with Crippen LogP contribution in [-0.2, 0) is 28.5 Å². The topological polar surface area (TPSA) is 77.7 Å². The second-order valence-electron chi connectivity index (χ2n) is 7.01. The molecular formula is C16H24O6. The molecule has 2 fully saturated rings. The minimum Gasteiger partial charge on any atom is -0.456 e. The van der Waals surface area contributed by atoms with Crippen molar-refractivity contribution in [1.82, 2.24) is 0 Å². The maximum Gasteiger partial charge on any atom is 0.331 e. The fourth-order valence-corrected chi connectivity index (χ4v) is 2.30. The van der Waals surface area contributed by atoms with Crippen LogP contribution < -0.4 is 0 Å². The van der Waals surface area contributed by atoms with Crippen molar-refractivity contribution in [1.29, 1.82) is 0 Å². The summed E-state index contributed by atoms with van der Waals surface area (Å²) < 4.78 is 20.9. The third-order valence-corrected chi connectivity index (χ3v) is 3.35. The Morgan fingerprint density at radius 1 is 0.909 bits per heavy atom. The lowest BCUT2D eigenvalue weighted by atomic mass is 10.0. The van der Waals surface area contributed by atoms with E-state index < -0.39 is 23.1 Å². The van der Waals surface area contributed by atoms with Crippen LogP contribution in [0.5, 0.6) is 0 Å². The first-order chi connectivity index (χ1) is 10.2. The Labute approximate surface area is 130 Å². The lowest BCUT2D eigenvalue weighted by molar-refractivity contribution is -0.154. The minimum absolute atomic E-state index is 0.169. The molecule has 6 heteroatoms. The van der Waals surface area contributed by atoms with Crippen LogP contribution >= 0.6 is 0 Å². The summed E-state index contributed by atoms with van der Waals surface area (Å²) in [4.78, 5) is 23.5. The van der Waals surface area contributed by atoms with Crippen LogP contribution in [0.3, 0.4) is 0 Å². The fourth-order valence-electron chi connectivity index (χ4n) is 2.30. The van der Waals surface area contributed by atoms with E-state index in [1.807, 2.05) is 27.7 Å². The first-order valence-corrected chi connectivity index (χ1v) is 7.52. The second kappa shape index (κ2) is 6.38. The van der Waals surface area contributed by atoms with Crippen molar-refractivity contribution in [2.45, 2.75) is 63.9 Å². The number of hydrogen-bond donors (Lipinski definition) is 0. The van der Waals surface area contributed by atoms with Gasteiger partial charge in [-0.25, -0.2) is 9.59 Å². The van der Waals surface area contributed by atoms with Crippen molar-refractivity contribution in [3.8, 4) is 0 Å². The van der Waals surface area contributed by atoms with Gasteiger partial charge >= 0.3 is 11.9 Å². The minimum atomic E-state index is -0.616. The molecule has 2 rings (SSSR count).